The van der Waals surface area contributed by atoms with Crippen molar-refractivity contribution in [3.63, 3.8) is 0 Å². The van der Waals surface area contributed by atoms with Gasteiger partial charge in [0.2, 0.25) is 0 Å². The lowest BCUT2D eigenvalue weighted by Crippen LogP contribution is -2.24. The molecule has 2 N–H and O–H groups in total. The highest BCUT2D eigenvalue weighted by molar-refractivity contribution is 5.99. The number of aromatic amines is 1. The van der Waals surface area contributed by atoms with Gasteiger partial charge in [0, 0.05) is 12.6 Å². The first kappa shape index (κ1) is 15.0. The largest absolute Gasteiger partial charge is 0.352 e. The van der Waals surface area contributed by atoms with Gasteiger partial charge >= 0.3 is 0 Å². The van der Waals surface area contributed by atoms with E-state index in [1.807, 2.05) is 30.3 Å². The molecule has 3 rings (SSSR count). The van der Waals surface area contributed by atoms with Crippen molar-refractivity contribution in [3.8, 4) is 11.3 Å². The Labute approximate surface area is 133 Å². The van der Waals surface area contributed by atoms with Crippen LogP contribution in [0.5, 0.6) is 0 Å². The standard InChI is InChI=1S/C17H18N4O2/c1-2-3-9-18-17(23)13-11-19-21-15(22)10-14(20-16(13)21)12-7-5-4-6-8-12/h4-8,10-11,20H,2-3,9H2,1H3,(H,18,23). The number of nitrogens with one attached hydrogen (secondary N) is 2. The molecule has 23 heavy (non-hydrogen) atoms. The molecule has 1 aromatic carbocycles. The number of carbonyl (C=O) groups is 1. The van der Waals surface area contributed by atoms with Gasteiger partial charge in [0.1, 0.15) is 5.56 Å². The molecule has 0 aliphatic rings. The molecule has 6 nitrogen and oxygen atoms in total. The van der Waals surface area contributed by atoms with Gasteiger partial charge in [-0.05, 0) is 12.0 Å². The summed E-state index contributed by atoms with van der Waals surface area (Å²) < 4.78 is 1.21. The van der Waals surface area contributed by atoms with Crippen molar-refractivity contribution in [3.05, 3.63) is 58.5 Å². The van der Waals surface area contributed by atoms with E-state index in [1.54, 1.807) is 0 Å². The summed E-state index contributed by atoms with van der Waals surface area (Å²) in [5.74, 6) is -0.227. The Morgan fingerprint density at radius 2 is 2.09 bits per heavy atom. The van der Waals surface area contributed by atoms with Crippen LogP contribution in [0.15, 0.2) is 47.4 Å². The van der Waals surface area contributed by atoms with Crippen molar-refractivity contribution in [2.24, 2.45) is 0 Å². The molecule has 0 radical (unpaired) electrons. The van der Waals surface area contributed by atoms with E-state index in [0.717, 1.165) is 18.4 Å². The van der Waals surface area contributed by atoms with E-state index in [9.17, 15) is 9.59 Å². The van der Waals surface area contributed by atoms with Crippen LogP contribution in [0.25, 0.3) is 16.9 Å². The average Bonchev–Trinajstić information content (AvgIpc) is 3.00. The van der Waals surface area contributed by atoms with Gasteiger partial charge < -0.3 is 10.3 Å². The summed E-state index contributed by atoms with van der Waals surface area (Å²) >= 11 is 0. The van der Waals surface area contributed by atoms with Gasteiger partial charge in [-0.15, -0.1) is 0 Å². The third-order valence-corrected chi connectivity index (χ3v) is 3.64. The summed E-state index contributed by atoms with van der Waals surface area (Å²) in [6.07, 6.45) is 3.34. The maximum absolute atomic E-state index is 12.3. The Hall–Kier alpha value is -2.89. The minimum absolute atomic E-state index is 0.227. The molecule has 0 bridgehead atoms. The second kappa shape index (κ2) is 6.48. The summed E-state index contributed by atoms with van der Waals surface area (Å²) in [7, 11) is 0. The van der Waals surface area contributed by atoms with Gasteiger partial charge in [-0.2, -0.15) is 9.61 Å². The lowest BCUT2D eigenvalue weighted by Gasteiger charge is -2.05. The molecule has 2 heterocycles. The summed E-state index contributed by atoms with van der Waals surface area (Å²) in [4.78, 5) is 27.6. The third-order valence-electron chi connectivity index (χ3n) is 3.64. The van der Waals surface area contributed by atoms with E-state index in [1.165, 1.54) is 16.8 Å². The van der Waals surface area contributed by atoms with Crippen LogP contribution < -0.4 is 10.9 Å². The van der Waals surface area contributed by atoms with Crippen LogP contribution >= 0.6 is 0 Å². The van der Waals surface area contributed by atoms with Gasteiger partial charge in [-0.25, -0.2) is 0 Å². The molecule has 0 aliphatic heterocycles. The predicted molar refractivity (Wildman–Crippen MR) is 88.5 cm³/mol. The first-order valence-electron chi connectivity index (χ1n) is 7.65. The fraction of sp³-hybridized carbons (Fsp3) is 0.235. The number of unbranched alkanes of at least 4 members (excludes halogenated alkanes) is 1. The smallest absolute Gasteiger partial charge is 0.274 e. The average molecular weight is 310 g/mol. The molecular weight excluding hydrogens is 292 g/mol. The summed E-state index contributed by atoms with van der Waals surface area (Å²) in [6, 6.07) is 11.0. The van der Waals surface area contributed by atoms with Crippen LogP contribution in [-0.4, -0.2) is 27.0 Å². The molecular formula is C17H18N4O2. The number of fused-ring (bicyclic) bond motifs is 1. The topological polar surface area (TPSA) is 79.3 Å². The van der Waals surface area contributed by atoms with E-state index in [2.05, 4.69) is 22.3 Å². The second-order valence-electron chi connectivity index (χ2n) is 5.32. The summed E-state index contributed by atoms with van der Waals surface area (Å²) in [5, 5.41) is 6.86. The van der Waals surface area contributed by atoms with Gasteiger partial charge in [0.15, 0.2) is 5.65 Å². The van der Waals surface area contributed by atoms with Gasteiger partial charge in [0.25, 0.3) is 11.5 Å². The third kappa shape index (κ3) is 3.01. The Morgan fingerprint density at radius 1 is 1.30 bits per heavy atom. The molecule has 3 aromatic rings. The van der Waals surface area contributed by atoms with Crippen molar-refractivity contribution in [1.29, 1.82) is 0 Å². The number of benzene rings is 1. The molecule has 2 aromatic heterocycles. The Morgan fingerprint density at radius 3 is 2.83 bits per heavy atom. The highest BCUT2D eigenvalue weighted by Gasteiger charge is 2.15. The fourth-order valence-corrected chi connectivity index (χ4v) is 2.40. The number of carbonyl (C=O) groups excluding carboxylic acids is 1. The zero-order chi connectivity index (χ0) is 16.2. The maximum atomic E-state index is 12.3. The number of hydrogen-bond acceptors (Lipinski definition) is 3. The minimum atomic E-state index is -0.273. The number of nitrogens with zero attached hydrogens (tertiary/aromatic N) is 2. The quantitative estimate of drug-likeness (QED) is 0.709. The zero-order valence-corrected chi connectivity index (χ0v) is 12.9. The number of amides is 1. The highest BCUT2D eigenvalue weighted by atomic mass is 16.2. The summed E-state index contributed by atoms with van der Waals surface area (Å²) in [6.45, 7) is 2.67. The van der Waals surface area contributed by atoms with Crippen LogP contribution in [0.2, 0.25) is 0 Å². The zero-order valence-electron chi connectivity index (χ0n) is 12.9. The van der Waals surface area contributed by atoms with Crippen LogP contribution in [0, 0.1) is 0 Å². The molecule has 0 atom stereocenters. The molecule has 1 amide bonds. The summed E-state index contributed by atoms with van der Waals surface area (Å²) in [5.41, 5.74) is 2.04. The molecule has 6 heteroatoms. The molecule has 0 spiro atoms. The van der Waals surface area contributed by atoms with Crippen LogP contribution in [0.1, 0.15) is 30.1 Å². The van der Waals surface area contributed by atoms with Crippen molar-refractivity contribution in [2.45, 2.75) is 19.8 Å². The molecule has 0 unspecified atom stereocenters. The van der Waals surface area contributed by atoms with Crippen molar-refractivity contribution in [1.82, 2.24) is 19.9 Å². The monoisotopic (exact) mass is 310 g/mol. The molecule has 118 valence electrons. The van der Waals surface area contributed by atoms with Gasteiger partial charge in [-0.3, -0.25) is 9.59 Å². The first-order chi connectivity index (χ1) is 11.2. The van der Waals surface area contributed by atoms with Crippen LogP contribution in [-0.2, 0) is 0 Å². The maximum Gasteiger partial charge on any atom is 0.274 e. The van der Waals surface area contributed by atoms with Crippen LogP contribution in [0.3, 0.4) is 0 Å². The van der Waals surface area contributed by atoms with E-state index < -0.39 is 0 Å². The normalized spacial score (nSPS) is 10.8. The van der Waals surface area contributed by atoms with Crippen molar-refractivity contribution < 1.29 is 4.79 Å². The fourth-order valence-electron chi connectivity index (χ4n) is 2.40. The molecule has 0 saturated heterocycles. The van der Waals surface area contributed by atoms with Crippen molar-refractivity contribution >= 4 is 11.6 Å². The lowest BCUT2D eigenvalue weighted by atomic mass is 10.1. The Bertz CT molecular complexity index is 880. The lowest BCUT2D eigenvalue weighted by molar-refractivity contribution is 0.0954. The van der Waals surface area contributed by atoms with Crippen molar-refractivity contribution in [2.75, 3.05) is 6.54 Å². The van der Waals surface area contributed by atoms with Crippen LogP contribution in [0.4, 0.5) is 0 Å². The predicted octanol–water partition coefficient (Wildman–Crippen LogP) is 2.22. The second-order valence-corrected chi connectivity index (χ2v) is 5.32. The Kier molecular flexibility index (Phi) is 4.23. The SMILES string of the molecule is CCCCNC(=O)c1cnn2c(=O)cc(-c3ccccc3)[nH]c12. The first-order valence-corrected chi connectivity index (χ1v) is 7.65. The van der Waals surface area contributed by atoms with E-state index in [0.29, 0.717) is 23.4 Å². The van der Waals surface area contributed by atoms with Gasteiger partial charge in [0.05, 0.1) is 11.9 Å². The number of aromatic nitrogens is 3. The Balaban J connectivity index is 2.03. The minimum Gasteiger partial charge on any atom is -0.352 e. The number of hydrogen-bond donors (Lipinski definition) is 2. The van der Waals surface area contributed by atoms with E-state index >= 15 is 0 Å². The number of H-pyrrole nitrogens is 1. The van der Waals surface area contributed by atoms with E-state index in [4.69, 9.17) is 0 Å². The number of rotatable bonds is 5. The molecule has 0 fully saturated rings. The molecule has 0 aliphatic carbocycles. The highest BCUT2D eigenvalue weighted by Crippen LogP contribution is 2.16. The molecule has 0 saturated carbocycles. The van der Waals surface area contributed by atoms with E-state index in [-0.39, 0.29) is 11.5 Å². The van der Waals surface area contributed by atoms with Gasteiger partial charge in [-0.1, -0.05) is 43.7 Å².